The smallest absolute Gasteiger partial charge is 0.408 e. The quantitative estimate of drug-likeness (QED) is 0.0495. The van der Waals surface area contributed by atoms with Crippen molar-refractivity contribution in [3.8, 4) is 5.75 Å². The van der Waals surface area contributed by atoms with E-state index in [9.17, 15) is 29.6 Å². The SMILES string of the molecule is NC(N)=NCCC[C@@H](C(=O)OCc1ccccc1)N(C(=O)[C@H](Cc1ccc(O)cc1)NC(=O)OCc1ccccc1)[N+](=O)[O-]. The van der Waals surface area contributed by atoms with Gasteiger partial charge in [0, 0.05) is 13.0 Å². The van der Waals surface area contributed by atoms with Gasteiger partial charge < -0.3 is 31.4 Å². The number of ether oxygens (including phenoxy) is 2. The summed E-state index contributed by atoms with van der Waals surface area (Å²) in [5.41, 5.74) is 12.5. The van der Waals surface area contributed by atoms with Gasteiger partial charge in [-0.3, -0.25) is 9.79 Å². The van der Waals surface area contributed by atoms with E-state index < -0.39 is 35.1 Å². The molecule has 0 radical (unpaired) electrons. The number of carbonyl (C=O) groups excluding carboxylic acids is 3. The predicted molar refractivity (Wildman–Crippen MR) is 159 cm³/mol. The Morgan fingerprint density at radius 3 is 2.00 bits per heavy atom. The zero-order chi connectivity index (χ0) is 31.9. The lowest BCUT2D eigenvalue weighted by Gasteiger charge is -2.26. The summed E-state index contributed by atoms with van der Waals surface area (Å²) in [4.78, 5) is 56.0. The number of phenols is 1. The molecule has 2 atom stereocenters. The number of amides is 2. The first-order chi connectivity index (χ1) is 21.1. The molecule has 3 rings (SSSR count). The number of nitrogens with one attached hydrogen (secondary N) is 1. The van der Waals surface area contributed by atoms with E-state index in [1.165, 1.54) is 24.3 Å². The third-order valence-corrected chi connectivity index (χ3v) is 6.30. The van der Waals surface area contributed by atoms with Gasteiger partial charge in [-0.25, -0.2) is 19.7 Å². The highest BCUT2D eigenvalue weighted by atomic mass is 16.7. The van der Waals surface area contributed by atoms with Crippen molar-refractivity contribution in [3.05, 3.63) is 112 Å². The number of carbonyl (C=O) groups is 3. The number of guanidine groups is 1. The molecule has 3 aromatic carbocycles. The Labute approximate surface area is 253 Å². The van der Waals surface area contributed by atoms with Crippen molar-refractivity contribution < 1.29 is 34.0 Å². The van der Waals surface area contributed by atoms with Gasteiger partial charge in [0.25, 0.3) is 0 Å². The van der Waals surface area contributed by atoms with Crippen LogP contribution in [-0.4, -0.2) is 57.7 Å². The van der Waals surface area contributed by atoms with Gasteiger partial charge in [-0.15, -0.1) is 0 Å². The Balaban J connectivity index is 1.86. The number of hydrogen-bond donors (Lipinski definition) is 4. The van der Waals surface area contributed by atoms with Crippen LogP contribution in [0.15, 0.2) is 89.9 Å². The molecular weight excluding hydrogens is 572 g/mol. The van der Waals surface area contributed by atoms with E-state index in [0.29, 0.717) is 16.7 Å². The second-order valence-electron chi connectivity index (χ2n) is 9.61. The molecule has 44 heavy (non-hydrogen) atoms. The van der Waals surface area contributed by atoms with Crippen LogP contribution in [-0.2, 0) is 38.7 Å². The van der Waals surface area contributed by atoms with Crippen LogP contribution >= 0.6 is 0 Å². The topological polar surface area (TPSA) is 213 Å². The van der Waals surface area contributed by atoms with Gasteiger partial charge in [-0.1, -0.05) is 72.8 Å². The Morgan fingerprint density at radius 1 is 0.886 bits per heavy atom. The van der Waals surface area contributed by atoms with Gasteiger partial charge in [-0.2, -0.15) is 0 Å². The van der Waals surface area contributed by atoms with Gasteiger partial charge in [0.2, 0.25) is 0 Å². The fraction of sp³-hybridized carbons (Fsp3) is 0.267. The van der Waals surface area contributed by atoms with Crippen molar-refractivity contribution in [2.75, 3.05) is 6.54 Å². The minimum atomic E-state index is -1.68. The van der Waals surface area contributed by atoms with Gasteiger partial charge in [0.15, 0.2) is 17.0 Å². The molecule has 0 aliphatic rings. The van der Waals surface area contributed by atoms with E-state index in [1.807, 2.05) is 0 Å². The summed E-state index contributed by atoms with van der Waals surface area (Å²) in [7, 11) is 0. The molecule has 232 valence electrons. The number of hydrogen-bond acceptors (Lipinski definition) is 9. The Morgan fingerprint density at radius 2 is 1.45 bits per heavy atom. The predicted octanol–water partition coefficient (Wildman–Crippen LogP) is 2.42. The highest BCUT2D eigenvalue weighted by Crippen LogP contribution is 2.17. The molecule has 0 bridgehead atoms. The first-order valence-corrected chi connectivity index (χ1v) is 13.6. The molecule has 0 saturated heterocycles. The summed E-state index contributed by atoms with van der Waals surface area (Å²) in [6, 6.07) is 19.9. The van der Waals surface area contributed by atoms with Crippen molar-refractivity contribution >= 4 is 23.9 Å². The molecule has 14 heteroatoms. The van der Waals surface area contributed by atoms with E-state index in [2.05, 4.69) is 10.3 Å². The number of phenolic OH excluding ortho intramolecular Hbond substituents is 1. The number of aromatic hydroxyl groups is 1. The number of aliphatic imine (C=N–C) groups is 1. The minimum absolute atomic E-state index is 0.0333. The van der Waals surface area contributed by atoms with E-state index in [0.717, 1.165) is 0 Å². The normalized spacial score (nSPS) is 11.8. The zero-order valence-corrected chi connectivity index (χ0v) is 23.8. The van der Waals surface area contributed by atoms with Crippen LogP contribution in [0.4, 0.5) is 4.79 Å². The molecule has 2 amide bonds. The number of alkyl carbamates (subject to hydrolysis) is 1. The van der Waals surface area contributed by atoms with Crippen LogP contribution in [0.3, 0.4) is 0 Å². The molecule has 0 aromatic heterocycles. The molecule has 3 aromatic rings. The van der Waals surface area contributed by atoms with Crippen LogP contribution in [0.5, 0.6) is 5.75 Å². The maximum Gasteiger partial charge on any atom is 0.408 e. The van der Waals surface area contributed by atoms with Crippen LogP contribution in [0, 0.1) is 10.1 Å². The number of nitro groups is 1. The summed E-state index contributed by atoms with van der Waals surface area (Å²) >= 11 is 0. The molecule has 0 unspecified atom stereocenters. The van der Waals surface area contributed by atoms with Gasteiger partial charge >= 0.3 is 18.0 Å². The third kappa shape index (κ3) is 10.6. The van der Waals surface area contributed by atoms with E-state index in [4.69, 9.17) is 20.9 Å². The van der Waals surface area contributed by atoms with Crippen LogP contribution < -0.4 is 16.8 Å². The first-order valence-electron chi connectivity index (χ1n) is 13.6. The fourth-order valence-electron chi connectivity index (χ4n) is 4.14. The van der Waals surface area contributed by atoms with Crippen molar-refractivity contribution in [1.29, 1.82) is 0 Å². The van der Waals surface area contributed by atoms with E-state index >= 15 is 0 Å². The second-order valence-corrected chi connectivity index (χ2v) is 9.61. The lowest BCUT2D eigenvalue weighted by molar-refractivity contribution is -0.640. The number of nitrogens with two attached hydrogens (primary N) is 2. The summed E-state index contributed by atoms with van der Waals surface area (Å²) in [5, 5.41) is 23.6. The summed E-state index contributed by atoms with van der Waals surface area (Å²) in [5.74, 6) is -2.47. The zero-order valence-electron chi connectivity index (χ0n) is 23.8. The van der Waals surface area contributed by atoms with E-state index in [-0.39, 0.29) is 55.7 Å². The molecule has 0 aliphatic carbocycles. The Hall–Kier alpha value is -5.66. The van der Waals surface area contributed by atoms with Crippen molar-refractivity contribution in [1.82, 2.24) is 10.3 Å². The Bertz CT molecular complexity index is 1420. The highest BCUT2D eigenvalue weighted by molar-refractivity contribution is 5.89. The summed E-state index contributed by atoms with van der Waals surface area (Å²) in [6.07, 6.45) is -1.36. The fourth-order valence-corrected chi connectivity index (χ4v) is 4.14. The largest absolute Gasteiger partial charge is 0.508 e. The molecule has 0 saturated carbocycles. The van der Waals surface area contributed by atoms with E-state index in [1.54, 1.807) is 60.7 Å². The molecule has 0 spiro atoms. The van der Waals surface area contributed by atoms with Crippen LogP contribution in [0.1, 0.15) is 29.5 Å². The standard InChI is InChI=1S/C30H34N6O8/c31-29(32)33-17-7-12-26(28(39)43-19-22-8-3-1-4-9-22)35(36(41)42)27(38)25(18-21-13-15-24(37)16-14-21)34-30(40)44-20-23-10-5-2-6-11-23/h1-6,8-11,13-16,25-26,37H,7,12,17-20H2,(H,34,40)(H4,31,32,33)/t25-,26-/m0/s1. The maximum atomic E-state index is 13.8. The maximum absolute atomic E-state index is 13.8. The number of nitrogens with zero attached hydrogens (tertiary/aromatic N) is 3. The molecule has 14 nitrogen and oxygen atoms in total. The third-order valence-electron chi connectivity index (χ3n) is 6.30. The number of rotatable bonds is 15. The molecule has 0 heterocycles. The lowest BCUT2D eigenvalue weighted by atomic mass is 10.0. The Kier molecular flexibility index (Phi) is 12.5. The second kappa shape index (κ2) is 16.7. The molecular formula is C30H34N6O8. The highest BCUT2D eigenvalue weighted by Gasteiger charge is 2.43. The number of esters is 1. The lowest BCUT2D eigenvalue weighted by Crippen LogP contribution is -2.57. The summed E-state index contributed by atoms with van der Waals surface area (Å²) in [6.45, 7) is -0.276. The van der Waals surface area contributed by atoms with Gasteiger partial charge in [-0.05, 0) is 46.7 Å². The molecule has 6 N–H and O–H groups in total. The van der Waals surface area contributed by atoms with Crippen molar-refractivity contribution in [3.63, 3.8) is 0 Å². The van der Waals surface area contributed by atoms with Crippen molar-refractivity contribution in [2.45, 2.75) is 44.6 Å². The van der Waals surface area contributed by atoms with Crippen LogP contribution in [0.2, 0.25) is 0 Å². The molecule has 0 fully saturated rings. The average Bonchev–Trinajstić information content (AvgIpc) is 3.01. The molecule has 0 aliphatic heterocycles. The number of benzene rings is 3. The van der Waals surface area contributed by atoms with Gasteiger partial charge in [0.05, 0.1) is 0 Å². The summed E-state index contributed by atoms with van der Waals surface area (Å²) < 4.78 is 10.6. The average molecular weight is 607 g/mol. The van der Waals surface area contributed by atoms with Crippen LogP contribution in [0.25, 0.3) is 0 Å². The van der Waals surface area contributed by atoms with Gasteiger partial charge in [0.1, 0.15) is 25.0 Å². The van der Waals surface area contributed by atoms with Crippen molar-refractivity contribution in [2.24, 2.45) is 16.5 Å². The first kappa shape index (κ1) is 32.8. The number of hydrazine groups is 1. The minimum Gasteiger partial charge on any atom is -0.508 e. The monoisotopic (exact) mass is 606 g/mol.